The number of hydrogen-bond acceptors (Lipinski definition) is 3. The van der Waals surface area contributed by atoms with Gasteiger partial charge in [0.2, 0.25) is 5.89 Å². The molecular formula is C7H8FNO3. The van der Waals surface area contributed by atoms with Crippen molar-refractivity contribution in [2.75, 3.05) is 0 Å². The van der Waals surface area contributed by atoms with Gasteiger partial charge in [-0.3, -0.25) is 4.79 Å². The second-order valence-electron chi connectivity index (χ2n) is 2.36. The third kappa shape index (κ3) is 1.61. The molecule has 1 atom stereocenters. The summed E-state index contributed by atoms with van der Waals surface area (Å²) in [7, 11) is 0. The highest BCUT2D eigenvalue weighted by Crippen LogP contribution is 2.14. The number of halogens is 1. The molecule has 0 aliphatic carbocycles. The lowest BCUT2D eigenvalue weighted by Crippen LogP contribution is -2.07. The standard InChI is InChI=1S/C7H8FNO3/c1-4(7(10)11)5-3-12-6(2-8)9-5/h3-4H,2H2,1H3,(H,10,11). The lowest BCUT2D eigenvalue weighted by molar-refractivity contribution is -0.138. The van der Waals surface area contributed by atoms with Gasteiger partial charge in [0.25, 0.3) is 0 Å². The van der Waals surface area contributed by atoms with Gasteiger partial charge >= 0.3 is 5.97 Å². The molecular weight excluding hydrogens is 165 g/mol. The van der Waals surface area contributed by atoms with E-state index in [9.17, 15) is 9.18 Å². The average Bonchev–Trinajstić information content (AvgIpc) is 2.50. The maximum Gasteiger partial charge on any atom is 0.312 e. The van der Waals surface area contributed by atoms with E-state index in [1.165, 1.54) is 6.92 Å². The van der Waals surface area contributed by atoms with E-state index < -0.39 is 18.6 Å². The molecule has 1 unspecified atom stereocenters. The van der Waals surface area contributed by atoms with Crippen molar-refractivity contribution < 1.29 is 18.7 Å². The summed E-state index contributed by atoms with van der Waals surface area (Å²) in [5, 5.41) is 8.54. The van der Waals surface area contributed by atoms with E-state index in [4.69, 9.17) is 5.11 Å². The average molecular weight is 173 g/mol. The molecule has 0 fully saturated rings. The fourth-order valence-electron chi connectivity index (χ4n) is 0.712. The quantitative estimate of drug-likeness (QED) is 0.748. The molecule has 1 heterocycles. The van der Waals surface area contributed by atoms with Gasteiger partial charge < -0.3 is 9.52 Å². The fraction of sp³-hybridized carbons (Fsp3) is 0.429. The van der Waals surface area contributed by atoms with Gasteiger partial charge in [-0.2, -0.15) is 0 Å². The lowest BCUT2D eigenvalue weighted by atomic mass is 10.1. The number of oxazole rings is 1. The van der Waals surface area contributed by atoms with Crippen LogP contribution in [0.2, 0.25) is 0 Å². The summed E-state index contributed by atoms with van der Waals surface area (Å²) >= 11 is 0. The Hall–Kier alpha value is -1.39. The second-order valence-corrected chi connectivity index (χ2v) is 2.36. The molecule has 0 spiro atoms. The molecule has 0 amide bonds. The van der Waals surface area contributed by atoms with Crippen LogP contribution in [0.15, 0.2) is 10.7 Å². The maximum absolute atomic E-state index is 11.9. The van der Waals surface area contributed by atoms with Crippen LogP contribution in [0.1, 0.15) is 24.4 Å². The third-order valence-corrected chi connectivity index (χ3v) is 1.50. The molecule has 5 heteroatoms. The molecule has 1 aromatic rings. The summed E-state index contributed by atoms with van der Waals surface area (Å²) in [6.45, 7) is 0.647. The van der Waals surface area contributed by atoms with E-state index in [-0.39, 0.29) is 11.6 Å². The van der Waals surface area contributed by atoms with Gasteiger partial charge in [-0.25, -0.2) is 9.37 Å². The highest BCUT2D eigenvalue weighted by molar-refractivity contribution is 5.74. The number of carboxylic acids is 1. The monoisotopic (exact) mass is 173 g/mol. The van der Waals surface area contributed by atoms with Crippen LogP contribution < -0.4 is 0 Å². The third-order valence-electron chi connectivity index (χ3n) is 1.50. The molecule has 0 radical (unpaired) electrons. The van der Waals surface area contributed by atoms with Gasteiger partial charge in [-0.15, -0.1) is 0 Å². The van der Waals surface area contributed by atoms with Crippen LogP contribution >= 0.6 is 0 Å². The smallest absolute Gasteiger partial charge is 0.312 e. The number of rotatable bonds is 3. The number of aromatic nitrogens is 1. The van der Waals surface area contributed by atoms with Crippen molar-refractivity contribution in [3.8, 4) is 0 Å². The van der Waals surface area contributed by atoms with Crippen molar-refractivity contribution in [2.24, 2.45) is 0 Å². The molecule has 1 N–H and O–H groups in total. The van der Waals surface area contributed by atoms with Crippen LogP contribution in [0.3, 0.4) is 0 Å². The molecule has 0 aliphatic heterocycles. The van der Waals surface area contributed by atoms with Crippen molar-refractivity contribution in [3.63, 3.8) is 0 Å². The van der Waals surface area contributed by atoms with Crippen molar-refractivity contribution in [2.45, 2.75) is 19.5 Å². The zero-order chi connectivity index (χ0) is 9.14. The number of carboxylic acid groups (broad SMARTS) is 1. The van der Waals surface area contributed by atoms with Crippen LogP contribution in [-0.4, -0.2) is 16.1 Å². The largest absolute Gasteiger partial charge is 0.481 e. The summed E-state index contributed by atoms with van der Waals surface area (Å²) < 4.78 is 16.5. The van der Waals surface area contributed by atoms with Crippen molar-refractivity contribution in [3.05, 3.63) is 17.8 Å². The van der Waals surface area contributed by atoms with Crippen LogP contribution in [0.5, 0.6) is 0 Å². The van der Waals surface area contributed by atoms with Crippen LogP contribution in [-0.2, 0) is 11.5 Å². The number of carbonyl (C=O) groups is 1. The molecule has 0 saturated heterocycles. The van der Waals surface area contributed by atoms with E-state index in [0.29, 0.717) is 0 Å². The maximum atomic E-state index is 11.9. The molecule has 0 bridgehead atoms. The van der Waals surface area contributed by atoms with E-state index >= 15 is 0 Å². The molecule has 0 aliphatic rings. The Morgan fingerprint density at radius 2 is 2.58 bits per heavy atom. The Morgan fingerprint density at radius 3 is 3.00 bits per heavy atom. The predicted octanol–water partition coefficient (Wildman–Crippen LogP) is 1.33. The first-order valence-corrected chi connectivity index (χ1v) is 3.38. The molecule has 12 heavy (non-hydrogen) atoms. The van der Waals surface area contributed by atoms with E-state index in [0.717, 1.165) is 6.26 Å². The summed E-state index contributed by atoms with van der Waals surface area (Å²) in [6.07, 6.45) is 1.16. The highest BCUT2D eigenvalue weighted by Gasteiger charge is 2.17. The first kappa shape index (κ1) is 8.70. The molecule has 1 aromatic heterocycles. The van der Waals surface area contributed by atoms with Crippen LogP contribution in [0.25, 0.3) is 0 Å². The number of hydrogen-bond donors (Lipinski definition) is 1. The van der Waals surface area contributed by atoms with Gasteiger partial charge in [0.1, 0.15) is 6.26 Å². The van der Waals surface area contributed by atoms with Crippen LogP contribution in [0, 0.1) is 0 Å². The van der Waals surface area contributed by atoms with Crippen LogP contribution in [0.4, 0.5) is 4.39 Å². The van der Waals surface area contributed by atoms with Gasteiger partial charge in [0.05, 0.1) is 11.6 Å². The number of alkyl halides is 1. The van der Waals surface area contributed by atoms with Gasteiger partial charge in [0.15, 0.2) is 6.67 Å². The minimum Gasteiger partial charge on any atom is -0.481 e. The summed E-state index contributed by atoms with van der Waals surface area (Å²) in [4.78, 5) is 14.0. The SMILES string of the molecule is CC(C(=O)O)c1coc(CF)n1. The Morgan fingerprint density at radius 1 is 1.92 bits per heavy atom. The van der Waals surface area contributed by atoms with E-state index in [1.54, 1.807) is 0 Å². The minimum atomic E-state index is -1.01. The normalized spacial score (nSPS) is 12.8. The van der Waals surface area contributed by atoms with Gasteiger partial charge in [-0.05, 0) is 6.92 Å². The van der Waals surface area contributed by atoms with Crippen molar-refractivity contribution >= 4 is 5.97 Å². The zero-order valence-corrected chi connectivity index (χ0v) is 6.45. The summed E-state index contributed by atoms with van der Waals surface area (Å²) in [5.74, 6) is -1.85. The number of aliphatic carboxylic acids is 1. The zero-order valence-electron chi connectivity index (χ0n) is 6.45. The van der Waals surface area contributed by atoms with Crippen molar-refractivity contribution in [1.29, 1.82) is 0 Å². The minimum absolute atomic E-state index is 0.0851. The molecule has 66 valence electrons. The van der Waals surface area contributed by atoms with E-state index in [1.807, 2.05) is 0 Å². The molecule has 0 aromatic carbocycles. The Bertz CT molecular complexity index is 284. The lowest BCUT2D eigenvalue weighted by Gasteiger charge is -1.97. The summed E-state index contributed by atoms with van der Waals surface area (Å²) in [6, 6.07) is 0. The molecule has 1 rings (SSSR count). The Balaban J connectivity index is 2.81. The first-order chi connectivity index (χ1) is 5.65. The van der Waals surface area contributed by atoms with Gasteiger partial charge in [0, 0.05) is 0 Å². The summed E-state index contributed by atoms with van der Waals surface area (Å²) in [5.41, 5.74) is 0.246. The van der Waals surface area contributed by atoms with E-state index in [2.05, 4.69) is 9.40 Å². The Labute approximate surface area is 68.0 Å². The first-order valence-electron chi connectivity index (χ1n) is 3.38. The van der Waals surface area contributed by atoms with Crippen molar-refractivity contribution in [1.82, 2.24) is 4.98 Å². The van der Waals surface area contributed by atoms with Gasteiger partial charge in [-0.1, -0.05) is 0 Å². The fourth-order valence-corrected chi connectivity index (χ4v) is 0.712. The molecule has 4 nitrogen and oxygen atoms in total. The topological polar surface area (TPSA) is 63.3 Å². The molecule has 0 saturated carbocycles. The second kappa shape index (κ2) is 3.34. The Kier molecular flexibility index (Phi) is 2.42. The highest BCUT2D eigenvalue weighted by atomic mass is 19.1. The predicted molar refractivity (Wildman–Crippen MR) is 37.4 cm³/mol. The number of nitrogens with zero attached hydrogens (tertiary/aromatic N) is 1.